The van der Waals surface area contributed by atoms with E-state index in [1.807, 2.05) is 34.6 Å². The quantitative estimate of drug-likeness (QED) is 0.715. The number of hydrogen-bond acceptors (Lipinski definition) is 3. The van der Waals surface area contributed by atoms with E-state index < -0.39 is 16.1 Å². The Morgan fingerprint density at radius 2 is 1.67 bits per heavy atom. The number of aliphatic hydroxyl groups is 1. The van der Waals surface area contributed by atoms with Crippen LogP contribution in [0.5, 0.6) is 0 Å². The van der Waals surface area contributed by atoms with Crippen molar-refractivity contribution in [2.75, 3.05) is 12.3 Å². The summed E-state index contributed by atoms with van der Waals surface area (Å²) in [6, 6.07) is 0. The Hall–Kier alpha value is -0.130. The molecule has 0 aromatic carbocycles. The standard InChI is InChI=1S/C13H29NO3S/c1-6-11(7-2)12(15)10-14-18(16,17)9-8-13(3,4)5/h11-12,14-15H,6-10H2,1-5H3. The predicted octanol–water partition coefficient (Wildman–Crippen LogP) is 2.14. The largest absolute Gasteiger partial charge is 0.391 e. The summed E-state index contributed by atoms with van der Waals surface area (Å²) in [5.41, 5.74) is 0.00272. The van der Waals surface area contributed by atoms with Crippen LogP contribution in [-0.2, 0) is 10.0 Å². The smallest absolute Gasteiger partial charge is 0.211 e. The molecule has 5 heteroatoms. The highest BCUT2D eigenvalue weighted by atomic mass is 32.2. The molecule has 0 saturated carbocycles. The molecule has 0 aromatic rings. The lowest BCUT2D eigenvalue weighted by Gasteiger charge is -2.21. The summed E-state index contributed by atoms with van der Waals surface area (Å²) in [6.45, 7) is 10.2. The summed E-state index contributed by atoms with van der Waals surface area (Å²) in [7, 11) is -3.27. The van der Waals surface area contributed by atoms with Gasteiger partial charge in [-0.25, -0.2) is 13.1 Å². The zero-order chi connectivity index (χ0) is 14.4. The third-order valence-corrected chi connectivity index (χ3v) is 4.57. The molecule has 0 heterocycles. The molecule has 0 amide bonds. The molecule has 0 spiro atoms. The Morgan fingerprint density at radius 3 is 2.06 bits per heavy atom. The highest BCUT2D eigenvalue weighted by molar-refractivity contribution is 7.89. The predicted molar refractivity (Wildman–Crippen MR) is 75.9 cm³/mol. The average molecular weight is 279 g/mol. The van der Waals surface area contributed by atoms with Crippen LogP contribution in [0.3, 0.4) is 0 Å². The first-order valence-corrected chi connectivity index (χ1v) is 8.42. The lowest BCUT2D eigenvalue weighted by molar-refractivity contribution is 0.107. The van der Waals surface area contributed by atoms with E-state index in [-0.39, 0.29) is 23.6 Å². The third-order valence-electron chi connectivity index (χ3n) is 3.23. The molecule has 110 valence electrons. The maximum absolute atomic E-state index is 11.8. The second kappa shape index (κ2) is 7.46. The van der Waals surface area contributed by atoms with Gasteiger partial charge in [0.15, 0.2) is 0 Å². The molecule has 0 aliphatic carbocycles. The van der Waals surface area contributed by atoms with Crippen molar-refractivity contribution >= 4 is 10.0 Å². The topological polar surface area (TPSA) is 66.4 Å². The van der Waals surface area contributed by atoms with Gasteiger partial charge in [-0.1, -0.05) is 47.5 Å². The number of aliphatic hydroxyl groups excluding tert-OH is 1. The number of sulfonamides is 1. The molecule has 0 bridgehead atoms. The second-order valence-corrected chi connectivity index (χ2v) is 8.05. The van der Waals surface area contributed by atoms with Crippen LogP contribution >= 0.6 is 0 Å². The molecule has 1 unspecified atom stereocenters. The van der Waals surface area contributed by atoms with Crippen molar-refractivity contribution < 1.29 is 13.5 Å². The van der Waals surface area contributed by atoms with E-state index >= 15 is 0 Å². The first-order chi connectivity index (χ1) is 8.11. The van der Waals surface area contributed by atoms with Gasteiger partial charge in [0, 0.05) is 6.54 Å². The van der Waals surface area contributed by atoms with E-state index in [9.17, 15) is 13.5 Å². The van der Waals surface area contributed by atoms with Crippen molar-refractivity contribution in [1.29, 1.82) is 0 Å². The Balaban J connectivity index is 4.19. The SMILES string of the molecule is CCC(CC)C(O)CNS(=O)(=O)CCC(C)(C)C. The zero-order valence-electron chi connectivity index (χ0n) is 12.4. The average Bonchev–Trinajstić information content (AvgIpc) is 2.25. The fourth-order valence-corrected chi connectivity index (χ4v) is 3.17. The van der Waals surface area contributed by atoms with E-state index in [4.69, 9.17) is 0 Å². The van der Waals surface area contributed by atoms with Crippen molar-refractivity contribution in [3.8, 4) is 0 Å². The van der Waals surface area contributed by atoms with Crippen LogP contribution in [0.1, 0.15) is 53.9 Å². The molecule has 0 radical (unpaired) electrons. The molecule has 0 aromatic heterocycles. The van der Waals surface area contributed by atoms with Gasteiger partial charge in [0.2, 0.25) is 10.0 Å². The molecule has 0 aliphatic heterocycles. The number of nitrogens with one attached hydrogen (secondary N) is 1. The third kappa shape index (κ3) is 8.06. The zero-order valence-corrected chi connectivity index (χ0v) is 13.2. The number of hydrogen-bond donors (Lipinski definition) is 2. The van der Waals surface area contributed by atoms with Crippen LogP contribution in [-0.4, -0.2) is 31.9 Å². The van der Waals surface area contributed by atoms with Gasteiger partial charge < -0.3 is 5.11 Å². The molecule has 0 fully saturated rings. The molecule has 0 aliphatic rings. The van der Waals surface area contributed by atoms with E-state index in [0.717, 1.165) is 12.8 Å². The first-order valence-electron chi connectivity index (χ1n) is 6.76. The van der Waals surface area contributed by atoms with E-state index in [1.54, 1.807) is 0 Å². The fraction of sp³-hybridized carbons (Fsp3) is 1.00. The Labute approximate surface area is 112 Å². The molecule has 4 nitrogen and oxygen atoms in total. The van der Waals surface area contributed by atoms with Crippen LogP contribution in [0.4, 0.5) is 0 Å². The minimum Gasteiger partial charge on any atom is -0.391 e. The molecule has 0 rings (SSSR count). The minimum absolute atomic E-state index is 0.00272. The normalized spacial score (nSPS) is 15.1. The van der Waals surface area contributed by atoms with Crippen molar-refractivity contribution in [3.05, 3.63) is 0 Å². The monoisotopic (exact) mass is 279 g/mol. The van der Waals surface area contributed by atoms with Crippen LogP contribution in [0.15, 0.2) is 0 Å². The Kier molecular flexibility index (Phi) is 7.40. The van der Waals surface area contributed by atoms with Gasteiger partial charge in [-0.2, -0.15) is 0 Å². The lowest BCUT2D eigenvalue weighted by Crippen LogP contribution is -2.37. The summed E-state index contributed by atoms with van der Waals surface area (Å²) >= 11 is 0. The van der Waals surface area contributed by atoms with Crippen LogP contribution in [0, 0.1) is 11.3 Å². The van der Waals surface area contributed by atoms with E-state index in [1.165, 1.54) is 0 Å². The second-order valence-electron chi connectivity index (χ2n) is 6.12. The Bertz CT molecular complexity index is 316. The Morgan fingerprint density at radius 1 is 1.17 bits per heavy atom. The maximum Gasteiger partial charge on any atom is 0.211 e. The molecular weight excluding hydrogens is 250 g/mol. The number of rotatable bonds is 8. The van der Waals surface area contributed by atoms with Gasteiger partial charge >= 0.3 is 0 Å². The van der Waals surface area contributed by atoms with E-state index in [2.05, 4.69) is 4.72 Å². The summed E-state index contributed by atoms with van der Waals surface area (Å²) in [4.78, 5) is 0. The maximum atomic E-state index is 11.8. The fourth-order valence-electron chi connectivity index (χ4n) is 1.72. The van der Waals surface area contributed by atoms with Gasteiger partial charge in [-0.05, 0) is 17.8 Å². The van der Waals surface area contributed by atoms with Crippen molar-refractivity contribution in [2.45, 2.75) is 60.0 Å². The molecule has 1 atom stereocenters. The summed E-state index contributed by atoms with van der Waals surface area (Å²) in [5, 5.41) is 9.87. The van der Waals surface area contributed by atoms with Crippen LogP contribution in [0.25, 0.3) is 0 Å². The summed E-state index contributed by atoms with van der Waals surface area (Å²) < 4.78 is 26.0. The minimum atomic E-state index is -3.27. The van der Waals surface area contributed by atoms with Gasteiger partial charge in [-0.15, -0.1) is 0 Å². The molecule has 18 heavy (non-hydrogen) atoms. The molecular formula is C13H29NO3S. The van der Waals surface area contributed by atoms with Gasteiger partial charge in [0.25, 0.3) is 0 Å². The summed E-state index contributed by atoms with van der Waals surface area (Å²) in [6.07, 6.45) is 1.75. The highest BCUT2D eigenvalue weighted by Gasteiger charge is 2.20. The van der Waals surface area contributed by atoms with Gasteiger partial charge in [0.1, 0.15) is 0 Å². The van der Waals surface area contributed by atoms with Gasteiger partial charge in [0.05, 0.1) is 11.9 Å². The first kappa shape index (κ1) is 17.9. The molecule has 2 N–H and O–H groups in total. The van der Waals surface area contributed by atoms with Crippen molar-refractivity contribution in [2.24, 2.45) is 11.3 Å². The lowest BCUT2D eigenvalue weighted by atomic mass is 9.94. The van der Waals surface area contributed by atoms with Gasteiger partial charge in [-0.3, -0.25) is 0 Å². The van der Waals surface area contributed by atoms with Crippen LogP contribution < -0.4 is 4.72 Å². The van der Waals surface area contributed by atoms with Crippen LogP contribution in [0.2, 0.25) is 0 Å². The van der Waals surface area contributed by atoms with Crippen molar-refractivity contribution in [3.63, 3.8) is 0 Å². The summed E-state index contributed by atoms with van der Waals surface area (Å²) in [5.74, 6) is 0.280. The highest BCUT2D eigenvalue weighted by Crippen LogP contribution is 2.19. The van der Waals surface area contributed by atoms with E-state index in [0.29, 0.717) is 6.42 Å². The molecule has 0 saturated heterocycles. The van der Waals surface area contributed by atoms with Crippen molar-refractivity contribution in [1.82, 2.24) is 4.72 Å².